The van der Waals surface area contributed by atoms with Crippen LogP contribution in [0.3, 0.4) is 0 Å². The molecule has 4 nitrogen and oxygen atoms in total. The van der Waals surface area contributed by atoms with E-state index in [1.165, 1.54) is 0 Å². The zero-order valence-corrected chi connectivity index (χ0v) is 12.5. The van der Waals surface area contributed by atoms with Crippen molar-refractivity contribution in [3.8, 4) is 0 Å². The summed E-state index contributed by atoms with van der Waals surface area (Å²) in [6, 6.07) is 7.24. The van der Waals surface area contributed by atoms with Crippen LogP contribution in [-0.4, -0.2) is 11.8 Å². The Morgan fingerprint density at radius 2 is 1.60 bits per heavy atom. The molecule has 1 aromatic rings. The number of hydrogen-bond donors (Lipinski definition) is 2. The van der Waals surface area contributed by atoms with Gasteiger partial charge in [0, 0.05) is 24.2 Å². The zero-order valence-electron chi connectivity index (χ0n) is 12.5. The molecule has 2 amide bonds. The summed E-state index contributed by atoms with van der Waals surface area (Å²) in [5, 5.41) is 5.67. The summed E-state index contributed by atoms with van der Waals surface area (Å²) >= 11 is 0. The topological polar surface area (TPSA) is 58.2 Å². The van der Waals surface area contributed by atoms with Crippen LogP contribution in [-0.2, 0) is 9.59 Å². The van der Waals surface area contributed by atoms with Crippen LogP contribution in [0.1, 0.15) is 46.5 Å². The average molecular weight is 276 g/mol. The summed E-state index contributed by atoms with van der Waals surface area (Å²) in [6.07, 6.45) is 2.71. The lowest BCUT2D eigenvalue weighted by molar-refractivity contribution is -0.117. The monoisotopic (exact) mass is 276 g/mol. The third-order valence-electron chi connectivity index (χ3n) is 2.86. The molecule has 1 rings (SSSR count). The van der Waals surface area contributed by atoms with Gasteiger partial charge in [0.05, 0.1) is 0 Å². The molecule has 0 radical (unpaired) electrons. The Labute approximate surface area is 121 Å². The van der Waals surface area contributed by atoms with Gasteiger partial charge in [0.2, 0.25) is 11.8 Å². The number of rotatable bonds is 7. The van der Waals surface area contributed by atoms with Gasteiger partial charge in [-0.05, 0) is 37.0 Å². The minimum absolute atomic E-state index is 0.00390. The first kappa shape index (κ1) is 16.2. The molecule has 0 aromatic heterocycles. The largest absolute Gasteiger partial charge is 0.326 e. The van der Waals surface area contributed by atoms with Crippen molar-refractivity contribution in [1.82, 2.24) is 0 Å². The van der Waals surface area contributed by atoms with Gasteiger partial charge >= 0.3 is 0 Å². The predicted molar refractivity (Wildman–Crippen MR) is 82.7 cm³/mol. The summed E-state index contributed by atoms with van der Waals surface area (Å²) < 4.78 is 0. The first-order valence-electron chi connectivity index (χ1n) is 7.21. The third kappa shape index (κ3) is 6.36. The maximum atomic E-state index is 11.8. The molecule has 0 aliphatic heterocycles. The molecule has 0 spiro atoms. The van der Waals surface area contributed by atoms with Crippen LogP contribution in [0.4, 0.5) is 11.4 Å². The van der Waals surface area contributed by atoms with Crippen molar-refractivity contribution in [2.24, 2.45) is 5.92 Å². The SMILES string of the molecule is CCCC(=O)Nc1cccc(NC(=O)CCC(C)C)c1. The molecule has 1 aromatic carbocycles. The van der Waals surface area contributed by atoms with Crippen LogP contribution < -0.4 is 10.6 Å². The quantitative estimate of drug-likeness (QED) is 0.795. The Hall–Kier alpha value is -1.84. The van der Waals surface area contributed by atoms with Gasteiger partial charge in [-0.15, -0.1) is 0 Å². The fraction of sp³-hybridized carbons (Fsp3) is 0.500. The lowest BCUT2D eigenvalue weighted by Gasteiger charge is -2.09. The highest BCUT2D eigenvalue weighted by molar-refractivity contribution is 5.94. The van der Waals surface area contributed by atoms with Gasteiger partial charge in [0.25, 0.3) is 0 Å². The van der Waals surface area contributed by atoms with Crippen molar-refractivity contribution in [3.05, 3.63) is 24.3 Å². The summed E-state index contributed by atoms with van der Waals surface area (Å²) in [7, 11) is 0. The number of nitrogens with one attached hydrogen (secondary N) is 2. The molecule has 0 saturated heterocycles. The highest BCUT2D eigenvalue weighted by atomic mass is 16.2. The average Bonchev–Trinajstić information content (AvgIpc) is 2.37. The summed E-state index contributed by atoms with van der Waals surface area (Å²) in [6.45, 7) is 6.15. The Bertz CT molecular complexity index is 456. The lowest BCUT2D eigenvalue weighted by atomic mass is 10.1. The summed E-state index contributed by atoms with van der Waals surface area (Å²) in [4.78, 5) is 23.3. The van der Waals surface area contributed by atoms with Crippen molar-refractivity contribution in [3.63, 3.8) is 0 Å². The molecule has 0 aliphatic rings. The van der Waals surface area contributed by atoms with Gasteiger partial charge in [-0.2, -0.15) is 0 Å². The van der Waals surface area contributed by atoms with Gasteiger partial charge in [0.1, 0.15) is 0 Å². The summed E-state index contributed by atoms with van der Waals surface area (Å²) in [5.41, 5.74) is 1.43. The van der Waals surface area contributed by atoms with Gasteiger partial charge in [-0.3, -0.25) is 9.59 Å². The van der Waals surface area contributed by atoms with E-state index in [-0.39, 0.29) is 11.8 Å². The molecule has 0 atom stereocenters. The number of benzene rings is 1. The number of carbonyl (C=O) groups excluding carboxylic acids is 2. The molecule has 0 saturated carbocycles. The number of carbonyl (C=O) groups is 2. The molecule has 0 unspecified atom stereocenters. The first-order valence-corrected chi connectivity index (χ1v) is 7.21. The van der Waals surface area contributed by atoms with Crippen molar-refractivity contribution < 1.29 is 9.59 Å². The first-order chi connectivity index (χ1) is 9.51. The van der Waals surface area contributed by atoms with Gasteiger partial charge in [-0.25, -0.2) is 0 Å². The minimum Gasteiger partial charge on any atom is -0.326 e. The van der Waals surface area contributed by atoms with E-state index < -0.39 is 0 Å². The van der Waals surface area contributed by atoms with Gasteiger partial charge < -0.3 is 10.6 Å². The van der Waals surface area contributed by atoms with E-state index in [1.54, 1.807) is 6.07 Å². The van der Waals surface area contributed by atoms with Crippen LogP contribution >= 0.6 is 0 Å². The van der Waals surface area contributed by atoms with E-state index in [9.17, 15) is 9.59 Å². The summed E-state index contributed by atoms with van der Waals surface area (Å²) in [5.74, 6) is 0.520. The standard InChI is InChI=1S/C16H24N2O2/c1-4-6-15(19)17-13-7-5-8-14(11-13)18-16(20)10-9-12(2)3/h5,7-8,11-12H,4,6,9-10H2,1-3H3,(H,17,19)(H,18,20). The Kier molecular flexibility index (Phi) is 6.77. The van der Waals surface area contributed by atoms with Crippen molar-refractivity contribution in [1.29, 1.82) is 0 Å². The van der Waals surface area contributed by atoms with Crippen LogP contribution in [0.25, 0.3) is 0 Å². The molecular weight excluding hydrogens is 252 g/mol. The molecule has 0 bridgehead atoms. The molecule has 0 aliphatic carbocycles. The van der Waals surface area contributed by atoms with Crippen molar-refractivity contribution >= 4 is 23.2 Å². The number of hydrogen-bond acceptors (Lipinski definition) is 2. The van der Waals surface area contributed by atoms with E-state index in [0.29, 0.717) is 30.1 Å². The normalized spacial score (nSPS) is 10.4. The van der Waals surface area contributed by atoms with Gasteiger partial charge in [0.15, 0.2) is 0 Å². The molecular formula is C16H24N2O2. The molecule has 4 heteroatoms. The zero-order chi connectivity index (χ0) is 15.0. The smallest absolute Gasteiger partial charge is 0.224 e. The lowest BCUT2D eigenvalue weighted by Crippen LogP contribution is -2.13. The maximum absolute atomic E-state index is 11.8. The fourth-order valence-electron chi connectivity index (χ4n) is 1.77. The van der Waals surface area contributed by atoms with Crippen LogP contribution in [0.2, 0.25) is 0 Å². The Balaban J connectivity index is 2.55. The maximum Gasteiger partial charge on any atom is 0.224 e. The van der Waals surface area contributed by atoms with E-state index >= 15 is 0 Å². The van der Waals surface area contributed by atoms with Crippen LogP contribution in [0.15, 0.2) is 24.3 Å². The second kappa shape index (κ2) is 8.35. The molecule has 20 heavy (non-hydrogen) atoms. The molecule has 0 heterocycles. The van der Waals surface area contributed by atoms with E-state index in [0.717, 1.165) is 12.8 Å². The Morgan fingerprint density at radius 1 is 1.05 bits per heavy atom. The number of amides is 2. The minimum atomic E-state index is -0.00390. The van der Waals surface area contributed by atoms with Crippen LogP contribution in [0, 0.1) is 5.92 Å². The molecule has 110 valence electrons. The third-order valence-corrected chi connectivity index (χ3v) is 2.86. The van der Waals surface area contributed by atoms with Crippen molar-refractivity contribution in [2.45, 2.75) is 46.5 Å². The van der Waals surface area contributed by atoms with E-state index in [2.05, 4.69) is 24.5 Å². The second-order valence-corrected chi connectivity index (χ2v) is 5.36. The Morgan fingerprint density at radius 3 is 2.10 bits per heavy atom. The number of anilines is 2. The second-order valence-electron chi connectivity index (χ2n) is 5.36. The predicted octanol–water partition coefficient (Wildman–Crippen LogP) is 3.80. The fourth-order valence-corrected chi connectivity index (χ4v) is 1.77. The molecule has 0 fully saturated rings. The highest BCUT2D eigenvalue weighted by Crippen LogP contribution is 2.16. The van der Waals surface area contributed by atoms with Gasteiger partial charge in [-0.1, -0.05) is 26.8 Å². The highest BCUT2D eigenvalue weighted by Gasteiger charge is 2.05. The molecule has 2 N–H and O–H groups in total. The van der Waals surface area contributed by atoms with E-state index in [1.807, 2.05) is 25.1 Å². The van der Waals surface area contributed by atoms with E-state index in [4.69, 9.17) is 0 Å². The van der Waals surface area contributed by atoms with Crippen molar-refractivity contribution in [2.75, 3.05) is 10.6 Å². The van der Waals surface area contributed by atoms with Crippen LogP contribution in [0.5, 0.6) is 0 Å².